The minimum absolute atomic E-state index is 0.0576. The highest BCUT2D eigenvalue weighted by Gasteiger charge is 2.40. The third kappa shape index (κ3) is 5.71. The van der Waals surface area contributed by atoms with Crippen molar-refractivity contribution in [1.29, 1.82) is 0 Å². The van der Waals surface area contributed by atoms with E-state index >= 15 is 0 Å². The second-order valence-corrected chi connectivity index (χ2v) is 11.0. The molecule has 0 unspecified atom stereocenters. The van der Waals surface area contributed by atoms with Gasteiger partial charge in [0.1, 0.15) is 16.4 Å². The zero-order valence-corrected chi connectivity index (χ0v) is 23.1. The zero-order valence-electron chi connectivity index (χ0n) is 22.2. The number of thioether (sulfide) groups is 1. The molecule has 0 atom stereocenters. The molecule has 1 heterocycles. The van der Waals surface area contributed by atoms with Crippen molar-refractivity contribution < 1.29 is 19.1 Å². The van der Waals surface area contributed by atoms with Crippen LogP contribution in [0.1, 0.15) is 36.8 Å². The Hall–Kier alpha value is -4.04. The first-order valence-electron chi connectivity index (χ1n) is 13.0. The van der Waals surface area contributed by atoms with Crippen molar-refractivity contribution in [2.45, 2.75) is 44.4 Å². The maximum Gasteiger partial charge on any atom is 0.283 e. The number of hydrogen-bond acceptors (Lipinski definition) is 6. The average Bonchev–Trinajstić information content (AvgIpc) is 3.56. The number of methoxy groups -OCH3 is 1. The molecule has 0 spiro atoms. The lowest BCUT2D eigenvalue weighted by molar-refractivity contribution is -0.121. The highest BCUT2D eigenvalue weighted by molar-refractivity contribution is 8.04. The molecule has 8 heteroatoms. The van der Waals surface area contributed by atoms with E-state index in [1.165, 1.54) is 16.7 Å². The topological polar surface area (TPSA) is 87.7 Å². The molecule has 3 amide bonds. The summed E-state index contributed by atoms with van der Waals surface area (Å²) in [6, 6.07) is 20.0. The fourth-order valence-electron chi connectivity index (χ4n) is 4.80. The lowest BCUT2D eigenvalue weighted by Gasteiger charge is -2.16. The van der Waals surface area contributed by atoms with Crippen molar-refractivity contribution in [2.75, 3.05) is 22.6 Å². The summed E-state index contributed by atoms with van der Waals surface area (Å²) in [5.41, 5.74) is 4.35. The van der Waals surface area contributed by atoms with Crippen molar-refractivity contribution >= 4 is 46.5 Å². The molecule has 1 saturated carbocycles. The number of benzene rings is 3. The fourth-order valence-corrected chi connectivity index (χ4v) is 5.73. The predicted octanol–water partition coefficient (Wildman–Crippen LogP) is 6.43. The molecule has 200 valence electrons. The number of rotatable bonds is 8. The number of imide groups is 1. The van der Waals surface area contributed by atoms with Gasteiger partial charge in [-0.05, 0) is 98.5 Å². The lowest BCUT2D eigenvalue weighted by Crippen LogP contribution is -2.32. The highest BCUT2D eigenvalue weighted by atomic mass is 32.2. The van der Waals surface area contributed by atoms with E-state index in [9.17, 15) is 14.4 Å². The Morgan fingerprint density at radius 3 is 2.18 bits per heavy atom. The zero-order chi connectivity index (χ0) is 27.5. The first-order valence-corrected chi connectivity index (χ1v) is 13.9. The molecule has 39 heavy (non-hydrogen) atoms. The molecule has 2 aliphatic rings. The molecule has 3 aromatic rings. The van der Waals surface area contributed by atoms with Crippen molar-refractivity contribution in [3.05, 3.63) is 88.5 Å². The monoisotopic (exact) mass is 541 g/mol. The summed E-state index contributed by atoms with van der Waals surface area (Å²) in [6.07, 6.45) is 4.07. The van der Waals surface area contributed by atoms with Crippen LogP contribution in [0.2, 0.25) is 0 Å². The van der Waals surface area contributed by atoms with Crippen LogP contribution in [0.15, 0.2) is 82.2 Å². The standard InChI is InChI=1S/C31H31N3O4S/c1-19-8-9-23(18-20(19)2)32-27-28(31(37)34(30(27)36)24-12-14-25(38-3)15-13-24)39-26-16-10-22(11-17-26)33-29(35)21-6-4-5-7-21/h8-18,21,32H,4-7H2,1-3H3,(H,33,35). The normalized spacial score (nSPS) is 15.7. The summed E-state index contributed by atoms with van der Waals surface area (Å²) >= 11 is 1.22. The largest absolute Gasteiger partial charge is 0.497 e. The Bertz CT molecular complexity index is 1440. The number of nitrogens with one attached hydrogen (secondary N) is 2. The maximum atomic E-state index is 13.7. The molecule has 3 aromatic carbocycles. The third-order valence-electron chi connectivity index (χ3n) is 7.22. The van der Waals surface area contributed by atoms with Crippen LogP contribution in [0.4, 0.5) is 17.1 Å². The molecule has 1 aliphatic carbocycles. The summed E-state index contributed by atoms with van der Waals surface area (Å²) < 4.78 is 5.23. The van der Waals surface area contributed by atoms with Crippen LogP contribution in [-0.4, -0.2) is 24.8 Å². The predicted molar refractivity (Wildman–Crippen MR) is 155 cm³/mol. The number of aryl methyl sites for hydroxylation is 2. The molecule has 1 aliphatic heterocycles. The van der Waals surface area contributed by atoms with Crippen molar-refractivity contribution in [3.63, 3.8) is 0 Å². The van der Waals surface area contributed by atoms with Gasteiger partial charge in [-0.1, -0.05) is 30.7 Å². The van der Waals surface area contributed by atoms with Crippen LogP contribution in [0.3, 0.4) is 0 Å². The number of ether oxygens (including phenoxy) is 1. The highest BCUT2D eigenvalue weighted by Crippen LogP contribution is 2.39. The van der Waals surface area contributed by atoms with Gasteiger partial charge < -0.3 is 15.4 Å². The SMILES string of the molecule is COc1ccc(N2C(=O)C(Nc3ccc(C)c(C)c3)=C(Sc3ccc(NC(=O)C4CCCC4)cc3)C2=O)cc1. The second-order valence-electron chi connectivity index (χ2n) is 9.87. The Morgan fingerprint density at radius 2 is 1.54 bits per heavy atom. The van der Waals surface area contributed by atoms with Crippen LogP contribution >= 0.6 is 11.8 Å². The van der Waals surface area contributed by atoms with Crippen LogP contribution in [0.25, 0.3) is 0 Å². The molecule has 0 bridgehead atoms. The van der Waals surface area contributed by atoms with E-state index in [0.717, 1.165) is 47.4 Å². The summed E-state index contributed by atoms with van der Waals surface area (Å²) in [7, 11) is 1.56. The number of carbonyl (C=O) groups is 3. The van der Waals surface area contributed by atoms with Gasteiger partial charge >= 0.3 is 0 Å². The van der Waals surface area contributed by atoms with Crippen molar-refractivity contribution in [2.24, 2.45) is 5.92 Å². The summed E-state index contributed by atoms with van der Waals surface area (Å²) in [4.78, 5) is 42.0. The molecule has 7 nitrogen and oxygen atoms in total. The maximum absolute atomic E-state index is 13.7. The Labute approximate surface area is 232 Å². The van der Waals surface area contributed by atoms with Gasteiger partial charge in [0, 0.05) is 22.2 Å². The van der Waals surface area contributed by atoms with E-state index in [1.807, 2.05) is 56.3 Å². The van der Waals surface area contributed by atoms with Gasteiger partial charge in [0.15, 0.2) is 0 Å². The molecular formula is C31H31N3O4S. The van der Waals surface area contributed by atoms with Gasteiger partial charge in [-0.15, -0.1) is 0 Å². The third-order valence-corrected chi connectivity index (χ3v) is 8.31. The minimum Gasteiger partial charge on any atom is -0.497 e. The van der Waals surface area contributed by atoms with Gasteiger partial charge in [0.05, 0.1) is 12.8 Å². The van der Waals surface area contributed by atoms with Gasteiger partial charge in [0.2, 0.25) is 5.91 Å². The van der Waals surface area contributed by atoms with E-state index in [2.05, 4.69) is 10.6 Å². The van der Waals surface area contributed by atoms with E-state index in [0.29, 0.717) is 22.0 Å². The number of anilines is 3. The average molecular weight is 542 g/mol. The summed E-state index contributed by atoms with van der Waals surface area (Å²) in [5, 5.41) is 6.21. The van der Waals surface area contributed by atoms with Crippen molar-refractivity contribution in [3.8, 4) is 5.75 Å². The van der Waals surface area contributed by atoms with Gasteiger partial charge in [-0.25, -0.2) is 4.90 Å². The number of nitrogens with zero attached hydrogens (tertiary/aromatic N) is 1. The molecular weight excluding hydrogens is 510 g/mol. The van der Waals surface area contributed by atoms with E-state index in [1.54, 1.807) is 31.4 Å². The minimum atomic E-state index is -0.425. The molecule has 0 radical (unpaired) electrons. The first kappa shape index (κ1) is 26.6. The Kier molecular flexibility index (Phi) is 7.74. The number of amides is 3. The van der Waals surface area contributed by atoms with Gasteiger partial charge in [0.25, 0.3) is 11.8 Å². The molecule has 0 saturated heterocycles. The van der Waals surface area contributed by atoms with E-state index in [-0.39, 0.29) is 17.5 Å². The molecule has 2 N–H and O–H groups in total. The van der Waals surface area contributed by atoms with Gasteiger partial charge in [-0.3, -0.25) is 14.4 Å². The van der Waals surface area contributed by atoms with Gasteiger partial charge in [-0.2, -0.15) is 0 Å². The second kappa shape index (κ2) is 11.4. The first-order chi connectivity index (χ1) is 18.8. The number of hydrogen-bond donors (Lipinski definition) is 2. The van der Waals surface area contributed by atoms with Crippen LogP contribution < -0.4 is 20.3 Å². The molecule has 0 aromatic heterocycles. The van der Waals surface area contributed by atoms with Crippen molar-refractivity contribution in [1.82, 2.24) is 0 Å². The molecule has 5 rings (SSSR count). The number of carbonyl (C=O) groups excluding carboxylic acids is 3. The summed E-state index contributed by atoms with van der Waals surface area (Å²) in [6.45, 7) is 4.03. The van der Waals surface area contributed by atoms with Crippen LogP contribution in [0, 0.1) is 19.8 Å². The quantitative estimate of drug-likeness (QED) is 0.320. The lowest BCUT2D eigenvalue weighted by atomic mass is 10.1. The Morgan fingerprint density at radius 1 is 0.872 bits per heavy atom. The molecule has 1 fully saturated rings. The van der Waals surface area contributed by atoms with E-state index in [4.69, 9.17) is 4.74 Å². The Balaban J connectivity index is 1.41. The smallest absolute Gasteiger partial charge is 0.283 e. The van der Waals surface area contributed by atoms with Crippen LogP contribution in [-0.2, 0) is 14.4 Å². The fraction of sp³-hybridized carbons (Fsp3) is 0.258. The summed E-state index contributed by atoms with van der Waals surface area (Å²) in [5.74, 6) is -0.0584. The van der Waals surface area contributed by atoms with E-state index < -0.39 is 11.8 Å². The van der Waals surface area contributed by atoms with Crippen LogP contribution in [0.5, 0.6) is 5.75 Å².